The van der Waals surface area contributed by atoms with Crippen LogP contribution in [0.25, 0.3) is 127 Å². The van der Waals surface area contributed by atoms with E-state index >= 15 is 4.79 Å². The highest BCUT2D eigenvalue weighted by Crippen LogP contribution is 2.42. The Hall–Kier alpha value is -9.27. The van der Waals surface area contributed by atoms with E-state index in [2.05, 4.69) is 100 Å². The van der Waals surface area contributed by atoms with Crippen LogP contribution in [0, 0.1) is 0 Å². The van der Waals surface area contributed by atoms with Crippen molar-refractivity contribution >= 4 is 87.1 Å². The normalized spacial score (nSPS) is 11.9. The second kappa shape index (κ2) is 14.4. The lowest BCUT2D eigenvalue weighted by Gasteiger charge is -2.18. The van der Waals surface area contributed by atoms with E-state index in [0.29, 0.717) is 17.3 Å². The van der Waals surface area contributed by atoms with E-state index in [-0.39, 0.29) is 5.56 Å². The molecule has 0 aliphatic heterocycles. The molecule has 0 saturated carbocycles. The minimum atomic E-state index is -0.166. The molecule has 0 amide bonds. The maximum absolute atomic E-state index is 16.3. The molecule has 0 bridgehead atoms. The van der Waals surface area contributed by atoms with Crippen LogP contribution in [0.3, 0.4) is 0 Å². The van der Waals surface area contributed by atoms with Gasteiger partial charge in [-0.3, -0.25) is 18.5 Å². The molecule has 0 spiro atoms. The zero-order chi connectivity index (χ0) is 44.2. The Bertz CT molecular complexity index is 4400. The lowest BCUT2D eigenvalue weighted by molar-refractivity contribution is 1.00. The van der Waals surface area contributed by atoms with Crippen LogP contribution in [-0.2, 0) is 0 Å². The van der Waals surface area contributed by atoms with Crippen LogP contribution in [0.5, 0.6) is 0 Å². The summed E-state index contributed by atoms with van der Waals surface area (Å²) in [6.45, 7) is 0. The average molecular weight is 858 g/mol. The quantitative estimate of drug-likeness (QED) is 0.161. The van der Waals surface area contributed by atoms with Crippen LogP contribution in [0.1, 0.15) is 0 Å². The van der Waals surface area contributed by atoms with E-state index in [1.807, 2.05) is 126 Å². The van der Waals surface area contributed by atoms with Gasteiger partial charge in [-0.05, 0) is 41.8 Å². The third kappa shape index (κ3) is 5.44. The molecule has 67 heavy (non-hydrogen) atoms. The first kappa shape index (κ1) is 37.1. The molecule has 0 radical (unpaired) electrons. The van der Waals surface area contributed by atoms with Gasteiger partial charge in [0.1, 0.15) is 0 Å². The van der Waals surface area contributed by atoms with E-state index in [0.717, 1.165) is 110 Å². The van der Waals surface area contributed by atoms with Crippen molar-refractivity contribution in [1.82, 2.24) is 33.6 Å². The van der Waals surface area contributed by atoms with Crippen molar-refractivity contribution in [3.63, 3.8) is 0 Å². The highest BCUT2D eigenvalue weighted by Gasteiger charge is 2.26. The zero-order valence-corrected chi connectivity index (χ0v) is 35.7. The third-order valence-corrected chi connectivity index (χ3v) is 13.3. The molecule has 5 aromatic heterocycles. The van der Waals surface area contributed by atoms with Crippen LogP contribution in [0.4, 0.5) is 0 Å². The van der Waals surface area contributed by atoms with Gasteiger partial charge in [-0.2, -0.15) is 0 Å². The molecule has 0 atom stereocenters. The van der Waals surface area contributed by atoms with E-state index in [9.17, 15) is 0 Å². The van der Waals surface area contributed by atoms with Crippen molar-refractivity contribution < 1.29 is 0 Å². The number of aromatic nitrogens is 7. The summed E-state index contributed by atoms with van der Waals surface area (Å²) in [5, 5.41) is 8.15. The Labute approximate surface area is 381 Å². The lowest BCUT2D eigenvalue weighted by atomic mass is 10.0. The summed E-state index contributed by atoms with van der Waals surface area (Å²) in [5.41, 5.74) is 10.0. The topological polar surface area (TPSA) is 83.4 Å². The molecule has 5 heterocycles. The lowest BCUT2D eigenvalue weighted by Crippen LogP contribution is -2.21. The van der Waals surface area contributed by atoms with Crippen molar-refractivity contribution in [1.29, 1.82) is 0 Å². The molecule has 14 aromatic rings. The summed E-state index contributed by atoms with van der Waals surface area (Å²) in [6, 6.07) is 72.0. The van der Waals surface area contributed by atoms with Gasteiger partial charge in [-0.1, -0.05) is 176 Å². The predicted octanol–water partition coefficient (Wildman–Crippen LogP) is 13.6. The first-order valence-corrected chi connectivity index (χ1v) is 22.4. The average Bonchev–Trinajstić information content (AvgIpc) is 3.92. The monoisotopic (exact) mass is 857 g/mol. The maximum Gasteiger partial charge on any atom is 0.265 e. The predicted molar refractivity (Wildman–Crippen MR) is 273 cm³/mol. The fourth-order valence-corrected chi connectivity index (χ4v) is 10.4. The van der Waals surface area contributed by atoms with Crippen molar-refractivity contribution in [2.75, 3.05) is 0 Å². The van der Waals surface area contributed by atoms with Gasteiger partial charge >= 0.3 is 0 Å². The second-order valence-electron chi connectivity index (χ2n) is 16.9. The SMILES string of the molecule is O=c1c2c(ccc3c4ccccc4n(-c4nc(-c5ccccc5)c5ccccc5n4)c32)c2ccc3c4ccccc4n(-c4nc(-c5ccccc5)c5ccccc5n4)c3c2n1-c1ccccc1. The van der Waals surface area contributed by atoms with Crippen LogP contribution >= 0.6 is 0 Å². The van der Waals surface area contributed by atoms with Crippen molar-refractivity contribution in [3.05, 3.63) is 223 Å². The molecule has 9 aromatic carbocycles. The molecule has 8 heteroatoms. The summed E-state index contributed by atoms with van der Waals surface area (Å²) >= 11 is 0. The fourth-order valence-electron chi connectivity index (χ4n) is 10.4. The van der Waals surface area contributed by atoms with E-state index in [1.54, 1.807) is 0 Å². The Kier molecular flexibility index (Phi) is 7.97. The zero-order valence-electron chi connectivity index (χ0n) is 35.7. The molecule has 0 saturated heterocycles. The number of para-hydroxylation sites is 5. The smallest absolute Gasteiger partial charge is 0.265 e. The first-order chi connectivity index (χ1) is 33.2. The van der Waals surface area contributed by atoms with E-state index in [4.69, 9.17) is 19.9 Å². The molecule has 0 fully saturated rings. The molecule has 0 N–H and O–H groups in total. The van der Waals surface area contributed by atoms with Gasteiger partial charge in [0.25, 0.3) is 5.56 Å². The standard InChI is InChI=1S/C59H35N7O/c67-57-51-41(32-33-42-39-24-12-16-30-49(39)65(54(42)51)58-60-47-28-14-10-26-45(47)52(62-58)36-18-4-1-5-19-36)44-35-34-43-40-25-13-17-31-50(40)66(56(43)55(44)64(57)38-22-8-3-9-23-38)59-61-48-29-15-11-27-46(48)53(63-59)37-20-6-2-7-21-37/h1-35H. The van der Waals surface area contributed by atoms with Crippen LogP contribution in [0.2, 0.25) is 0 Å². The van der Waals surface area contributed by atoms with Gasteiger partial charge in [-0.25, -0.2) is 19.9 Å². The minimum Gasteiger partial charge on any atom is -0.277 e. The van der Waals surface area contributed by atoms with Crippen LogP contribution in [-0.4, -0.2) is 33.6 Å². The Morgan fingerprint density at radius 1 is 0.299 bits per heavy atom. The highest BCUT2D eigenvalue weighted by atomic mass is 16.1. The molecular weight excluding hydrogens is 823 g/mol. The molecule has 14 rings (SSSR count). The number of nitrogens with zero attached hydrogens (tertiary/aromatic N) is 7. The Morgan fingerprint density at radius 3 is 1.22 bits per heavy atom. The number of hydrogen-bond donors (Lipinski definition) is 0. The number of rotatable bonds is 5. The summed E-state index contributed by atoms with van der Waals surface area (Å²) in [5.74, 6) is 1.00. The van der Waals surface area contributed by atoms with Gasteiger partial charge in [-0.15, -0.1) is 0 Å². The molecule has 8 nitrogen and oxygen atoms in total. The maximum atomic E-state index is 16.3. The van der Waals surface area contributed by atoms with Gasteiger partial charge in [0.15, 0.2) is 0 Å². The largest absolute Gasteiger partial charge is 0.277 e. The van der Waals surface area contributed by atoms with Crippen LogP contribution in [0.15, 0.2) is 217 Å². The number of fused-ring (bicyclic) bond motifs is 13. The molecule has 0 unspecified atom stereocenters. The number of hydrogen-bond acceptors (Lipinski definition) is 5. The van der Waals surface area contributed by atoms with Gasteiger partial charge < -0.3 is 0 Å². The molecular formula is C59H35N7O. The Balaban J connectivity index is 1.17. The first-order valence-electron chi connectivity index (χ1n) is 22.4. The number of benzene rings is 9. The summed E-state index contributed by atoms with van der Waals surface area (Å²) < 4.78 is 6.14. The summed E-state index contributed by atoms with van der Waals surface area (Å²) in [6.07, 6.45) is 0. The van der Waals surface area contributed by atoms with Crippen LogP contribution < -0.4 is 5.56 Å². The van der Waals surface area contributed by atoms with E-state index in [1.165, 1.54) is 0 Å². The van der Waals surface area contributed by atoms with Crippen molar-refractivity contribution in [2.45, 2.75) is 0 Å². The fraction of sp³-hybridized carbons (Fsp3) is 0. The second-order valence-corrected chi connectivity index (χ2v) is 16.9. The molecule has 0 aliphatic carbocycles. The van der Waals surface area contributed by atoms with Gasteiger partial charge in [0, 0.05) is 54.5 Å². The summed E-state index contributed by atoms with van der Waals surface area (Å²) in [7, 11) is 0. The summed E-state index contributed by atoms with van der Waals surface area (Å²) in [4.78, 5) is 37.7. The number of pyridine rings is 1. The van der Waals surface area contributed by atoms with Gasteiger partial charge in [0.05, 0.1) is 55.4 Å². The van der Waals surface area contributed by atoms with Crippen molar-refractivity contribution in [3.8, 4) is 40.1 Å². The van der Waals surface area contributed by atoms with E-state index < -0.39 is 0 Å². The van der Waals surface area contributed by atoms with Gasteiger partial charge in [0.2, 0.25) is 11.9 Å². The highest BCUT2D eigenvalue weighted by molar-refractivity contribution is 6.27. The minimum absolute atomic E-state index is 0.166. The third-order valence-electron chi connectivity index (χ3n) is 13.3. The Morgan fingerprint density at radius 2 is 0.687 bits per heavy atom. The molecule has 312 valence electrons. The molecule has 0 aliphatic rings. The van der Waals surface area contributed by atoms with Crippen molar-refractivity contribution in [2.24, 2.45) is 0 Å².